The normalized spacial score (nSPS) is 14.9. The van der Waals surface area contributed by atoms with E-state index >= 15 is 0 Å². The second-order valence-electron chi connectivity index (χ2n) is 6.32. The maximum Gasteiger partial charge on any atom is 0.242 e. The highest BCUT2D eigenvalue weighted by Crippen LogP contribution is 2.25. The Bertz CT molecular complexity index is 747. The van der Waals surface area contributed by atoms with Crippen LogP contribution in [0.4, 0.5) is 0 Å². The topological polar surface area (TPSA) is 56.1 Å². The van der Waals surface area contributed by atoms with Gasteiger partial charge in [0, 0.05) is 12.6 Å². The van der Waals surface area contributed by atoms with Crippen molar-refractivity contribution in [1.82, 2.24) is 10.2 Å². The first-order chi connectivity index (χ1) is 11.7. The summed E-state index contributed by atoms with van der Waals surface area (Å²) in [6, 6.07) is 19.5. The Hall–Kier alpha value is -2.64. The second-order valence-corrected chi connectivity index (χ2v) is 6.32. The third kappa shape index (κ3) is 4.01. The number of nitrogens with zero attached hydrogens (tertiary/aromatic N) is 2. The summed E-state index contributed by atoms with van der Waals surface area (Å²) in [6.45, 7) is 0.604. The number of hydrogen-bond acceptors (Lipinski definition) is 3. The van der Waals surface area contributed by atoms with E-state index in [1.807, 2.05) is 60.5 Å². The number of nitriles is 1. The Kier molecular flexibility index (Phi) is 4.93. The van der Waals surface area contributed by atoms with Crippen molar-refractivity contribution in [2.24, 2.45) is 0 Å². The molecule has 1 aliphatic carbocycles. The number of amides is 1. The first kappa shape index (κ1) is 16.2. The van der Waals surface area contributed by atoms with Gasteiger partial charge < -0.3 is 5.32 Å². The molecular weight excluding hydrogens is 298 g/mol. The highest BCUT2D eigenvalue weighted by molar-refractivity contribution is 5.83. The van der Waals surface area contributed by atoms with E-state index in [-0.39, 0.29) is 11.9 Å². The number of carbonyl (C=O) groups is 1. The van der Waals surface area contributed by atoms with E-state index in [9.17, 15) is 4.79 Å². The van der Waals surface area contributed by atoms with Gasteiger partial charge in [0.1, 0.15) is 6.04 Å². The molecule has 0 heterocycles. The zero-order valence-corrected chi connectivity index (χ0v) is 13.8. The predicted octanol–water partition coefficient (Wildman–Crippen LogP) is 3.01. The predicted molar refractivity (Wildman–Crippen MR) is 93.0 cm³/mol. The molecule has 0 spiro atoms. The van der Waals surface area contributed by atoms with Gasteiger partial charge in [-0.25, -0.2) is 0 Å². The second kappa shape index (κ2) is 7.29. The van der Waals surface area contributed by atoms with Crippen LogP contribution in [-0.4, -0.2) is 23.9 Å². The van der Waals surface area contributed by atoms with Crippen LogP contribution >= 0.6 is 0 Å². The molecule has 0 aromatic heterocycles. The van der Waals surface area contributed by atoms with Crippen molar-refractivity contribution in [1.29, 1.82) is 5.26 Å². The van der Waals surface area contributed by atoms with Crippen molar-refractivity contribution in [3.63, 3.8) is 0 Å². The molecule has 24 heavy (non-hydrogen) atoms. The summed E-state index contributed by atoms with van der Waals surface area (Å²) < 4.78 is 0. The zero-order chi connectivity index (χ0) is 16.9. The lowest BCUT2D eigenvalue weighted by Gasteiger charge is -2.27. The number of nitrogens with one attached hydrogen (secondary N) is 1. The van der Waals surface area contributed by atoms with Crippen molar-refractivity contribution >= 4 is 5.91 Å². The molecule has 1 atom stereocenters. The van der Waals surface area contributed by atoms with Crippen LogP contribution in [0.5, 0.6) is 0 Å². The van der Waals surface area contributed by atoms with Crippen LogP contribution in [0.15, 0.2) is 54.6 Å². The average molecular weight is 319 g/mol. The Morgan fingerprint density at radius 3 is 2.67 bits per heavy atom. The Morgan fingerprint density at radius 1 is 1.25 bits per heavy atom. The molecule has 0 aliphatic heterocycles. The van der Waals surface area contributed by atoms with Gasteiger partial charge in [0.05, 0.1) is 11.6 Å². The van der Waals surface area contributed by atoms with Gasteiger partial charge in [0.25, 0.3) is 0 Å². The molecule has 1 unspecified atom stereocenters. The first-order valence-corrected chi connectivity index (χ1v) is 8.22. The number of hydrogen-bond donors (Lipinski definition) is 1. The summed E-state index contributed by atoms with van der Waals surface area (Å²) in [7, 11) is 1.95. The maximum absolute atomic E-state index is 12.7. The van der Waals surface area contributed by atoms with E-state index in [0.29, 0.717) is 18.2 Å². The molecule has 1 saturated carbocycles. The van der Waals surface area contributed by atoms with Gasteiger partial charge in [0.2, 0.25) is 5.91 Å². The van der Waals surface area contributed by atoms with E-state index in [0.717, 1.165) is 24.0 Å². The fraction of sp³-hybridized carbons (Fsp3) is 0.300. The number of rotatable bonds is 6. The van der Waals surface area contributed by atoms with Gasteiger partial charge in [-0.15, -0.1) is 0 Å². The fourth-order valence-electron chi connectivity index (χ4n) is 2.87. The van der Waals surface area contributed by atoms with Crippen molar-refractivity contribution < 1.29 is 4.79 Å². The number of likely N-dealkylation sites (N-methyl/N-ethyl adjacent to an activating group) is 1. The molecule has 0 saturated heterocycles. The zero-order valence-electron chi connectivity index (χ0n) is 13.8. The molecule has 2 aromatic rings. The molecule has 0 bridgehead atoms. The summed E-state index contributed by atoms with van der Waals surface area (Å²) in [6.07, 6.45) is 2.14. The average Bonchev–Trinajstić information content (AvgIpc) is 3.40. The Labute approximate surface area is 142 Å². The highest BCUT2D eigenvalue weighted by atomic mass is 16.2. The van der Waals surface area contributed by atoms with Gasteiger partial charge in [-0.1, -0.05) is 42.5 Å². The van der Waals surface area contributed by atoms with Crippen molar-refractivity contribution in [3.05, 3.63) is 71.3 Å². The minimum absolute atomic E-state index is 0.0441. The van der Waals surface area contributed by atoms with Crippen LogP contribution in [0, 0.1) is 11.3 Å². The molecule has 1 fully saturated rings. The van der Waals surface area contributed by atoms with E-state index in [1.165, 1.54) is 0 Å². The van der Waals surface area contributed by atoms with Crippen LogP contribution in [0.25, 0.3) is 0 Å². The standard InChI is InChI=1S/C20H21N3O/c1-23(14-16-7-5-6-15(12-16)13-21)19(17-8-3-2-4-9-17)20(24)22-18-10-11-18/h2-9,12,18-19H,10-11,14H2,1H3,(H,22,24). The Morgan fingerprint density at radius 2 is 2.00 bits per heavy atom. The summed E-state index contributed by atoms with van der Waals surface area (Å²) >= 11 is 0. The van der Waals surface area contributed by atoms with Gasteiger partial charge in [-0.3, -0.25) is 9.69 Å². The van der Waals surface area contributed by atoms with Crippen LogP contribution in [-0.2, 0) is 11.3 Å². The molecule has 1 amide bonds. The van der Waals surface area contributed by atoms with Gasteiger partial charge in [-0.2, -0.15) is 5.26 Å². The van der Waals surface area contributed by atoms with Gasteiger partial charge in [0.15, 0.2) is 0 Å². The van der Waals surface area contributed by atoms with Crippen molar-refractivity contribution in [2.75, 3.05) is 7.05 Å². The lowest BCUT2D eigenvalue weighted by Crippen LogP contribution is -2.39. The number of benzene rings is 2. The smallest absolute Gasteiger partial charge is 0.242 e. The molecule has 2 aromatic carbocycles. The summed E-state index contributed by atoms with van der Waals surface area (Å²) in [5.74, 6) is 0.0441. The van der Waals surface area contributed by atoms with Gasteiger partial charge in [-0.05, 0) is 43.1 Å². The molecular formula is C20H21N3O. The van der Waals surface area contributed by atoms with E-state index in [4.69, 9.17) is 5.26 Å². The Balaban J connectivity index is 1.81. The summed E-state index contributed by atoms with van der Waals surface area (Å²) in [5, 5.41) is 12.2. The van der Waals surface area contributed by atoms with Crippen LogP contribution in [0.1, 0.15) is 35.6 Å². The monoisotopic (exact) mass is 319 g/mol. The van der Waals surface area contributed by atoms with Crippen LogP contribution in [0.2, 0.25) is 0 Å². The maximum atomic E-state index is 12.7. The molecule has 4 nitrogen and oxygen atoms in total. The summed E-state index contributed by atoms with van der Waals surface area (Å²) in [4.78, 5) is 14.8. The SMILES string of the molecule is CN(Cc1cccc(C#N)c1)C(C(=O)NC1CC1)c1ccccc1. The van der Waals surface area contributed by atoms with E-state index < -0.39 is 0 Å². The third-order valence-corrected chi connectivity index (χ3v) is 4.22. The van der Waals surface area contributed by atoms with E-state index in [2.05, 4.69) is 11.4 Å². The molecule has 0 radical (unpaired) electrons. The first-order valence-electron chi connectivity index (χ1n) is 8.22. The minimum Gasteiger partial charge on any atom is -0.352 e. The lowest BCUT2D eigenvalue weighted by atomic mass is 10.0. The lowest BCUT2D eigenvalue weighted by molar-refractivity contribution is -0.126. The van der Waals surface area contributed by atoms with Crippen molar-refractivity contribution in [2.45, 2.75) is 31.5 Å². The molecule has 4 heteroatoms. The summed E-state index contributed by atoms with van der Waals surface area (Å²) in [5.41, 5.74) is 2.64. The van der Waals surface area contributed by atoms with Crippen molar-refractivity contribution in [3.8, 4) is 6.07 Å². The number of carbonyl (C=O) groups excluding carboxylic acids is 1. The fourth-order valence-corrected chi connectivity index (χ4v) is 2.87. The minimum atomic E-state index is -0.336. The van der Waals surface area contributed by atoms with Crippen LogP contribution in [0.3, 0.4) is 0 Å². The highest BCUT2D eigenvalue weighted by Gasteiger charge is 2.30. The molecule has 3 rings (SSSR count). The van der Waals surface area contributed by atoms with Gasteiger partial charge >= 0.3 is 0 Å². The van der Waals surface area contributed by atoms with Crippen LogP contribution < -0.4 is 5.32 Å². The quantitative estimate of drug-likeness (QED) is 0.890. The van der Waals surface area contributed by atoms with E-state index in [1.54, 1.807) is 6.07 Å². The molecule has 122 valence electrons. The largest absolute Gasteiger partial charge is 0.352 e. The molecule has 1 N–H and O–H groups in total. The molecule has 1 aliphatic rings. The third-order valence-electron chi connectivity index (χ3n) is 4.22.